The van der Waals surface area contributed by atoms with Crippen LogP contribution in [0.15, 0.2) is 36.4 Å². The summed E-state index contributed by atoms with van der Waals surface area (Å²) in [4.78, 5) is 41.0. The van der Waals surface area contributed by atoms with Crippen LogP contribution in [0.3, 0.4) is 0 Å². The Kier molecular flexibility index (Phi) is 9.06. The van der Waals surface area contributed by atoms with Crippen molar-refractivity contribution in [3.8, 4) is 0 Å². The molecule has 2 aromatic rings. The molecule has 8 nitrogen and oxygen atoms in total. The fourth-order valence-corrected chi connectivity index (χ4v) is 8.92. The minimum absolute atomic E-state index is 0.0514. The zero-order valence-electron chi connectivity index (χ0n) is 26.6. The number of benzene rings is 2. The van der Waals surface area contributed by atoms with E-state index in [0.29, 0.717) is 30.1 Å². The molecule has 3 amide bonds. The Morgan fingerprint density at radius 3 is 2.46 bits per heavy atom. The summed E-state index contributed by atoms with van der Waals surface area (Å²) in [6.07, 6.45) is 6.83. The number of halogens is 3. The van der Waals surface area contributed by atoms with Crippen LogP contribution in [-0.4, -0.2) is 47.7 Å². The largest absolute Gasteiger partial charge is 0.444 e. The van der Waals surface area contributed by atoms with Gasteiger partial charge in [-0.3, -0.25) is 14.9 Å². The van der Waals surface area contributed by atoms with Crippen LogP contribution in [0.4, 0.5) is 14.9 Å². The Morgan fingerprint density at radius 2 is 1.76 bits per heavy atom. The Labute approximate surface area is 279 Å². The number of rotatable bonds is 5. The fraction of sp³-hybridized carbons (Fsp3) is 0.571. The third kappa shape index (κ3) is 5.88. The topological polar surface area (TPSA) is 109 Å². The van der Waals surface area contributed by atoms with E-state index in [2.05, 4.69) is 21.3 Å². The first-order valence-electron chi connectivity index (χ1n) is 16.4. The molecule has 0 aromatic heterocycles. The molecule has 6 rings (SSSR count). The molecular formula is C35H43Cl2FN4O4. The molecule has 0 bridgehead atoms. The second-order valence-electron chi connectivity index (χ2n) is 14.4. The van der Waals surface area contributed by atoms with E-state index in [4.69, 9.17) is 27.9 Å². The minimum Gasteiger partial charge on any atom is -0.444 e. The van der Waals surface area contributed by atoms with Gasteiger partial charge in [0.15, 0.2) is 0 Å². The van der Waals surface area contributed by atoms with Gasteiger partial charge in [-0.25, -0.2) is 9.18 Å². The highest BCUT2D eigenvalue weighted by molar-refractivity contribution is 6.31. The third-order valence-electron chi connectivity index (χ3n) is 10.4. The summed E-state index contributed by atoms with van der Waals surface area (Å²) in [5, 5.41) is 13.3. The van der Waals surface area contributed by atoms with Crippen LogP contribution in [0, 0.1) is 11.7 Å². The quantitative estimate of drug-likeness (QED) is 0.274. The molecule has 1 saturated heterocycles. The van der Waals surface area contributed by atoms with E-state index in [1.54, 1.807) is 24.3 Å². The molecular weight excluding hydrogens is 630 g/mol. The number of fused-ring (bicyclic) bond motifs is 3. The number of alkyl carbamates (subject to hydrolysis) is 1. The lowest BCUT2D eigenvalue weighted by atomic mass is 9.55. The summed E-state index contributed by atoms with van der Waals surface area (Å²) in [5.74, 6) is -1.71. The molecule has 2 aliphatic heterocycles. The molecule has 0 unspecified atom stereocenters. The van der Waals surface area contributed by atoms with E-state index in [-0.39, 0.29) is 34.4 Å². The standard InChI is InChI=1S/C35H43Cl2FN4O4/c1-33(2,3)46-32(45)39-19-20-10-13-22(14-11-20)40-30(43)29-27(23-8-7-9-25(37)28(23)38)35(34(42-29)16-5-4-6-17-34)24-15-12-21(36)18-26(24)41-31(35)44/h7-9,12,15,18,20,22,27,29,42H,4-6,10-11,13-14,16-17,19H2,1-3H3,(H,39,45)(H,40,43)(H,41,44)/t20?,22?,27-,29+,35+/m0/s1. The molecule has 2 spiro atoms. The zero-order valence-corrected chi connectivity index (χ0v) is 28.1. The van der Waals surface area contributed by atoms with E-state index in [1.807, 2.05) is 26.8 Å². The Morgan fingerprint density at radius 1 is 1.04 bits per heavy atom. The van der Waals surface area contributed by atoms with Gasteiger partial charge in [0.05, 0.1) is 11.1 Å². The van der Waals surface area contributed by atoms with Gasteiger partial charge >= 0.3 is 6.09 Å². The average molecular weight is 674 g/mol. The molecule has 248 valence electrons. The number of nitrogens with one attached hydrogen (secondary N) is 4. The van der Waals surface area contributed by atoms with E-state index >= 15 is 4.39 Å². The average Bonchev–Trinajstić information content (AvgIpc) is 3.45. The number of carbonyl (C=O) groups excluding carboxylic acids is 3. The summed E-state index contributed by atoms with van der Waals surface area (Å²) in [5.41, 5.74) is -1.02. The fourth-order valence-electron chi connectivity index (χ4n) is 8.56. The van der Waals surface area contributed by atoms with Crippen LogP contribution in [0.1, 0.15) is 95.6 Å². The maximum absolute atomic E-state index is 16.1. The predicted molar refractivity (Wildman–Crippen MR) is 177 cm³/mol. The van der Waals surface area contributed by atoms with Crippen LogP contribution in [-0.2, 0) is 19.7 Å². The van der Waals surface area contributed by atoms with Gasteiger partial charge in [0.1, 0.15) is 16.8 Å². The first kappa shape index (κ1) is 33.0. The van der Waals surface area contributed by atoms with Gasteiger partial charge in [-0.15, -0.1) is 0 Å². The van der Waals surface area contributed by atoms with Gasteiger partial charge in [-0.05, 0) is 94.5 Å². The second-order valence-corrected chi connectivity index (χ2v) is 15.3. The Bertz CT molecular complexity index is 1520. The van der Waals surface area contributed by atoms with Gasteiger partial charge in [-0.2, -0.15) is 0 Å². The van der Waals surface area contributed by atoms with E-state index in [9.17, 15) is 14.4 Å². The number of carbonyl (C=O) groups is 3. The summed E-state index contributed by atoms with van der Waals surface area (Å²) in [6.45, 7) is 6.00. The van der Waals surface area contributed by atoms with Crippen molar-refractivity contribution in [1.29, 1.82) is 0 Å². The number of amides is 3. The van der Waals surface area contributed by atoms with E-state index in [0.717, 1.165) is 50.5 Å². The second kappa shape index (κ2) is 12.6. The molecule has 2 heterocycles. The van der Waals surface area contributed by atoms with Crippen molar-refractivity contribution < 1.29 is 23.5 Å². The first-order valence-corrected chi connectivity index (χ1v) is 17.2. The highest BCUT2D eigenvalue weighted by Gasteiger charge is 2.72. The summed E-state index contributed by atoms with van der Waals surface area (Å²) >= 11 is 12.7. The van der Waals surface area contributed by atoms with Crippen molar-refractivity contribution in [2.75, 3.05) is 11.9 Å². The molecule has 2 saturated carbocycles. The molecule has 4 aliphatic rings. The van der Waals surface area contributed by atoms with Crippen molar-refractivity contribution in [3.05, 3.63) is 63.4 Å². The number of hydrogen-bond donors (Lipinski definition) is 4. The monoisotopic (exact) mass is 672 g/mol. The van der Waals surface area contributed by atoms with Crippen LogP contribution in [0.2, 0.25) is 10.0 Å². The van der Waals surface area contributed by atoms with Crippen LogP contribution in [0.5, 0.6) is 0 Å². The highest BCUT2D eigenvalue weighted by atomic mass is 35.5. The van der Waals surface area contributed by atoms with Gasteiger partial charge in [0, 0.05) is 34.8 Å². The first-order chi connectivity index (χ1) is 21.8. The molecule has 11 heteroatoms. The van der Waals surface area contributed by atoms with Crippen LogP contribution < -0.4 is 21.3 Å². The predicted octanol–water partition coefficient (Wildman–Crippen LogP) is 6.98. The molecule has 3 atom stereocenters. The lowest BCUT2D eigenvalue weighted by molar-refractivity contribution is -0.124. The van der Waals surface area contributed by atoms with Crippen molar-refractivity contribution in [2.45, 2.75) is 113 Å². The van der Waals surface area contributed by atoms with Crippen LogP contribution in [0.25, 0.3) is 0 Å². The van der Waals surface area contributed by atoms with Crippen molar-refractivity contribution in [1.82, 2.24) is 16.0 Å². The maximum Gasteiger partial charge on any atom is 0.407 e. The van der Waals surface area contributed by atoms with Gasteiger partial charge in [-0.1, -0.05) is 60.7 Å². The number of hydrogen-bond acceptors (Lipinski definition) is 5. The van der Waals surface area contributed by atoms with Gasteiger partial charge < -0.3 is 20.7 Å². The summed E-state index contributed by atoms with van der Waals surface area (Å²) in [6, 6.07) is 9.20. The smallest absolute Gasteiger partial charge is 0.407 e. The molecule has 2 aromatic carbocycles. The summed E-state index contributed by atoms with van der Waals surface area (Å²) in [7, 11) is 0. The maximum atomic E-state index is 16.1. The molecule has 2 aliphatic carbocycles. The van der Waals surface area contributed by atoms with Gasteiger partial charge in [0.25, 0.3) is 0 Å². The molecule has 4 N–H and O–H groups in total. The summed E-state index contributed by atoms with van der Waals surface area (Å²) < 4.78 is 21.4. The molecule has 46 heavy (non-hydrogen) atoms. The lowest BCUT2D eigenvalue weighted by Gasteiger charge is -2.47. The van der Waals surface area contributed by atoms with Crippen LogP contribution >= 0.6 is 23.2 Å². The lowest BCUT2D eigenvalue weighted by Crippen LogP contribution is -2.60. The highest BCUT2D eigenvalue weighted by Crippen LogP contribution is 2.62. The Hall–Kier alpha value is -2.88. The van der Waals surface area contributed by atoms with E-state index < -0.39 is 40.4 Å². The van der Waals surface area contributed by atoms with Crippen molar-refractivity contribution >= 4 is 46.8 Å². The Balaban J connectivity index is 1.29. The SMILES string of the molecule is CC(C)(C)OC(=O)NCC1CCC(NC(=O)[C@@H]2NC3(CCCCC3)[C@@]3(C(=O)Nc4cc(Cl)ccc43)[C@H]2c2cccc(Cl)c2F)CC1. The van der Waals surface area contributed by atoms with Crippen molar-refractivity contribution in [3.63, 3.8) is 0 Å². The number of anilines is 1. The normalized spacial score (nSPS) is 28.5. The third-order valence-corrected chi connectivity index (χ3v) is 11.0. The van der Waals surface area contributed by atoms with Crippen molar-refractivity contribution in [2.24, 2.45) is 5.92 Å². The number of ether oxygens (including phenoxy) is 1. The molecule has 3 fully saturated rings. The van der Waals surface area contributed by atoms with Gasteiger partial charge in [0.2, 0.25) is 11.8 Å². The minimum atomic E-state index is -1.26. The zero-order chi connectivity index (χ0) is 32.9. The molecule has 0 radical (unpaired) electrons. The van der Waals surface area contributed by atoms with E-state index in [1.165, 1.54) is 6.07 Å².